The van der Waals surface area contributed by atoms with Gasteiger partial charge in [0.1, 0.15) is 11.5 Å². The lowest BCUT2D eigenvalue weighted by Gasteiger charge is -2.34. The lowest BCUT2D eigenvalue weighted by atomic mass is 10.1. The summed E-state index contributed by atoms with van der Waals surface area (Å²) in [7, 11) is -2.46. The standard InChI is InChI=1S/C22H24N4O5S3/c1-4-11-32-22-25-24-21(33-22)23-20(27)19-13-26(17-10-5-14(2)12-18(17)31-19)34(28,29)16-8-6-15(30-3)7-9-16/h5-10,12,19H,4,11,13H2,1-3H3,(H,23,24,27)/t19-/m0/s1. The summed E-state index contributed by atoms with van der Waals surface area (Å²) in [6.45, 7) is 3.75. The topological polar surface area (TPSA) is 111 Å². The normalized spacial score (nSPS) is 15.4. The number of ether oxygens (including phenoxy) is 2. The van der Waals surface area contributed by atoms with Crippen molar-refractivity contribution >= 4 is 49.8 Å². The summed E-state index contributed by atoms with van der Waals surface area (Å²) in [5, 5.41) is 11.1. The minimum atomic E-state index is -3.97. The van der Waals surface area contributed by atoms with Gasteiger partial charge >= 0.3 is 0 Å². The Hall–Kier alpha value is -2.83. The first-order valence-corrected chi connectivity index (χ1v) is 13.8. The van der Waals surface area contributed by atoms with Gasteiger partial charge in [0.25, 0.3) is 15.9 Å². The molecule has 180 valence electrons. The summed E-state index contributed by atoms with van der Waals surface area (Å²) in [6.07, 6.45) is -0.0721. The Labute approximate surface area is 206 Å². The third-order valence-electron chi connectivity index (χ3n) is 4.99. The number of rotatable bonds is 8. The number of methoxy groups -OCH3 is 1. The van der Waals surface area contributed by atoms with Gasteiger partial charge in [-0.25, -0.2) is 8.42 Å². The summed E-state index contributed by atoms with van der Waals surface area (Å²) in [6, 6.07) is 11.3. The van der Waals surface area contributed by atoms with Crippen LogP contribution < -0.4 is 19.1 Å². The molecule has 2 heterocycles. The molecule has 0 radical (unpaired) electrons. The van der Waals surface area contributed by atoms with Crippen LogP contribution in [0.2, 0.25) is 0 Å². The molecule has 0 bridgehead atoms. The van der Waals surface area contributed by atoms with Crippen LogP contribution in [0.4, 0.5) is 10.8 Å². The summed E-state index contributed by atoms with van der Waals surface area (Å²) < 4.78 is 40.1. The molecule has 0 saturated heterocycles. The highest BCUT2D eigenvalue weighted by Gasteiger charge is 2.38. The maximum absolute atomic E-state index is 13.5. The van der Waals surface area contributed by atoms with Crippen LogP contribution in [0.3, 0.4) is 0 Å². The van der Waals surface area contributed by atoms with Crippen molar-refractivity contribution in [1.82, 2.24) is 10.2 Å². The zero-order valence-electron chi connectivity index (χ0n) is 18.8. The van der Waals surface area contributed by atoms with E-state index in [0.29, 0.717) is 22.3 Å². The average molecular weight is 521 g/mol. The third kappa shape index (κ3) is 5.13. The highest BCUT2D eigenvalue weighted by atomic mass is 32.2. The molecule has 2 aromatic carbocycles. The van der Waals surface area contributed by atoms with Crippen molar-refractivity contribution in [2.45, 2.75) is 35.6 Å². The molecule has 1 aliphatic heterocycles. The number of amides is 1. The highest BCUT2D eigenvalue weighted by molar-refractivity contribution is 8.01. The summed E-state index contributed by atoms with van der Waals surface area (Å²) in [4.78, 5) is 13.1. The van der Waals surface area contributed by atoms with Gasteiger partial charge in [-0.05, 0) is 55.3 Å². The number of fused-ring (bicyclic) bond motifs is 1. The van der Waals surface area contributed by atoms with Gasteiger partial charge in [-0.3, -0.25) is 14.4 Å². The number of anilines is 2. The van der Waals surface area contributed by atoms with E-state index in [9.17, 15) is 13.2 Å². The first-order valence-electron chi connectivity index (χ1n) is 10.5. The predicted molar refractivity (Wildman–Crippen MR) is 133 cm³/mol. The van der Waals surface area contributed by atoms with E-state index in [1.165, 1.54) is 34.9 Å². The Balaban J connectivity index is 1.61. The second kappa shape index (κ2) is 10.2. The van der Waals surface area contributed by atoms with Crippen molar-refractivity contribution in [1.29, 1.82) is 0 Å². The van der Waals surface area contributed by atoms with E-state index in [1.54, 1.807) is 42.1 Å². The van der Waals surface area contributed by atoms with E-state index in [2.05, 4.69) is 22.4 Å². The van der Waals surface area contributed by atoms with Gasteiger partial charge in [0.2, 0.25) is 5.13 Å². The van der Waals surface area contributed by atoms with Crippen molar-refractivity contribution in [2.75, 3.05) is 29.0 Å². The molecule has 0 unspecified atom stereocenters. The SMILES string of the molecule is CCCSc1nnc(NC(=O)[C@@H]2CN(S(=O)(=O)c3ccc(OC)cc3)c3ccc(C)cc3O2)s1. The molecule has 0 aliphatic carbocycles. The minimum Gasteiger partial charge on any atom is -0.497 e. The molecule has 1 aliphatic rings. The van der Waals surface area contributed by atoms with Crippen LogP contribution >= 0.6 is 23.1 Å². The van der Waals surface area contributed by atoms with Gasteiger partial charge in [-0.15, -0.1) is 10.2 Å². The summed E-state index contributed by atoms with van der Waals surface area (Å²) >= 11 is 2.84. The average Bonchev–Trinajstić information content (AvgIpc) is 3.28. The monoisotopic (exact) mass is 520 g/mol. The van der Waals surface area contributed by atoms with Crippen LogP contribution in [0.1, 0.15) is 18.9 Å². The number of benzene rings is 2. The van der Waals surface area contributed by atoms with Crippen molar-refractivity contribution in [2.24, 2.45) is 0 Å². The zero-order valence-corrected chi connectivity index (χ0v) is 21.3. The number of nitrogens with zero attached hydrogens (tertiary/aromatic N) is 3. The fourth-order valence-corrected chi connectivity index (χ4v) is 6.45. The maximum Gasteiger partial charge on any atom is 0.269 e. The number of aryl methyl sites for hydroxylation is 1. The van der Waals surface area contributed by atoms with Crippen LogP contribution in [0.15, 0.2) is 51.7 Å². The van der Waals surface area contributed by atoms with Gasteiger partial charge in [0.15, 0.2) is 10.4 Å². The minimum absolute atomic E-state index is 0.0857. The number of thioether (sulfide) groups is 1. The lowest BCUT2D eigenvalue weighted by molar-refractivity contribution is -0.122. The molecule has 9 nitrogen and oxygen atoms in total. The van der Waals surface area contributed by atoms with Crippen molar-refractivity contribution in [3.05, 3.63) is 48.0 Å². The highest BCUT2D eigenvalue weighted by Crippen LogP contribution is 2.38. The largest absolute Gasteiger partial charge is 0.497 e. The van der Waals surface area contributed by atoms with E-state index in [0.717, 1.165) is 22.1 Å². The number of aromatic nitrogens is 2. The van der Waals surface area contributed by atoms with Crippen LogP contribution in [0.5, 0.6) is 11.5 Å². The second-order valence-electron chi connectivity index (χ2n) is 7.50. The van der Waals surface area contributed by atoms with Gasteiger partial charge in [-0.1, -0.05) is 36.1 Å². The van der Waals surface area contributed by atoms with Gasteiger partial charge in [-0.2, -0.15) is 0 Å². The van der Waals surface area contributed by atoms with Gasteiger partial charge in [0, 0.05) is 5.75 Å². The van der Waals surface area contributed by atoms with Crippen molar-refractivity contribution in [3.63, 3.8) is 0 Å². The molecule has 3 aromatic rings. The molecule has 1 amide bonds. The lowest BCUT2D eigenvalue weighted by Crippen LogP contribution is -2.48. The molecule has 12 heteroatoms. The molecule has 1 atom stereocenters. The van der Waals surface area contributed by atoms with Crippen LogP contribution in [0, 0.1) is 6.92 Å². The van der Waals surface area contributed by atoms with Crippen molar-refractivity contribution < 1.29 is 22.7 Å². The Morgan fingerprint density at radius 2 is 2.03 bits per heavy atom. The molecule has 0 spiro atoms. The maximum atomic E-state index is 13.5. The number of carbonyl (C=O) groups excluding carboxylic acids is 1. The number of sulfonamides is 1. The predicted octanol–water partition coefficient (Wildman–Crippen LogP) is 3.95. The Kier molecular flexibility index (Phi) is 7.29. The van der Waals surface area contributed by atoms with Crippen LogP contribution in [-0.2, 0) is 14.8 Å². The first-order chi connectivity index (χ1) is 16.3. The molecule has 4 rings (SSSR count). The molecule has 1 aromatic heterocycles. The molecule has 34 heavy (non-hydrogen) atoms. The molecule has 1 N–H and O–H groups in total. The van der Waals surface area contributed by atoms with E-state index < -0.39 is 22.0 Å². The van der Waals surface area contributed by atoms with Crippen molar-refractivity contribution in [3.8, 4) is 11.5 Å². The van der Waals surface area contributed by atoms with Gasteiger partial charge in [0.05, 0.1) is 24.2 Å². The molecule has 0 saturated carbocycles. The number of hydrogen-bond donors (Lipinski definition) is 1. The Bertz CT molecular complexity index is 1280. The molecular formula is C22H24N4O5S3. The van der Waals surface area contributed by atoms with Crippen LogP contribution in [0.25, 0.3) is 0 Å². The van der Waals surface area contributed by atoms with E-state index in [-0.39, 0.29) is 11.4 Å². The number of nitrogens with one attached hydrogen (secondary N) is 1. The quantitative estimate of drug-likeness (QED) is 0.351. The Morgan fingerprint density at radius 3 is 2.74 bits per heavy atom. The zero-order chi connectivity index (χ0) is 24.3. The van der Waals surface area contributed by atoms with Crippen LogP contribution in [-0.4, -0.2) is 50.0 Å². The van der Waals surface area contributed by atoms with Gasteiger partial charge < -0.3 is 9.47 Å². The second-order valence-corrected chi connectivity index (χ2v) is 11.7. The fourth-order valence-electron chi connectivity index (χ4n) is 3.29. The third-order valence-corrected chi connectivity index (χ3v) is 8.96. The first kappa shape index (κ1) is 24.3. The molecular weight excluding hydrogens is 496 g/mol. The molecule has 0 fully saturated rings. The fraction of sp³-hybridized carbons (Fsp3) is 0.318. The van der Waals surface area contributed by atoms with E-state index in [1.807, 2.05) is 6.92 Å². The number of carbonyl (C=O) groups is 1. The summed E-state index contributed by atoms with van der Waals surface area (Å²) in [5.74, 6) is 1.27. The Morgan fingerprint density at radius 1 is 1.26 bits per heavy atom. The van der Waals surface area contributed by atoms with E-state index >= 15 is 0 Å². The van der Waals surface area contributed by atoms with E-state index in [4.69, 9.17) is 9.47 Å². The smallest absolute Gasteiger partial charge is 0.269 e. The summed E-state index contributed by atoms with van der Waals surface area (Å²) in [5.41, 5.74) is 1.25. The number of hydrogen-bond acceptors (Lipinski definition) is 9.